The van der Waals surface area contributed by atoms with Crippen LogP contribution in [0.3, 0.4) is 0 Å². The molecule has 0 saturated heterocycles. The second-order valence-corrected chi connectivity index (χ2v) is 5.06. The second kappa shape index (κ2) is 9.39. The van der Waals surface area contributed by atoms with Crippen LogP contribution in [-0.4, -0.2) is 49.1 Å². The van der Waals surface area contributed by atoms with E-state index in [0.717, 1.165) is 50.7 Å². The third-order valence-electron chi connectivity index (χ3n) is 3.45. The van der Waals surface area contributed by atoms with E-state index in [0.29, 0.717) is 0 Å². The number of hydrogen-bond acceptors (Lipinski definition) is 3. The number of aromatic nitrogens is 2. The smallest absolute Gasteiger partial charge is 0.191 e. The van der Waals surface area contributed by atoms with Crippen LogP contribution in [0.5, 0.6) is 0 Å². The number of methoxy groups -OCH3 is 1. The van der Waals surface area contributed by atoms with Crippen LogP contribution in [0.1, 0.15) is 30.3 Å². The highest BCUT2D eigenvalue weighted by Crippen LogP contribution is 2.11. The molecule has 0 fully saturated rings. The lowest BCUT2D eigenvalue weighted by Crippen LogP contribution is -2.38. The molecule has 0 aromatic carbocycles. The van der Waals surface area contributed by atoms with Crippen LogP contribution in [0.15, 0.2) is 4.99 Å². The average Bonchev–Trinajstić information content (AvgIpc) is 2.69. The van der Waals surface area contributed by atoms with E-state index in [1.165, 1.54) is 11.3 Å². The molecule has 0 aliphatic carbocycles. The molecule has 21 heavy (non-hydrogen) atoms. The van der Waals surface area contributed by atoms with Crippen molar-refractivity contribution in [2.45, 2.75) is 33.6 Å². The van der Waals surface area contributed by atoms with Crippen molar-refractivity contribution in [3.05, 3.63) is 17.0 Å². The summed E-state index contributed by atoms with van der Waals surface area (Å²) in [6.07, 6.45) is 1.89. The number of ether oxygens (including phenoxy) is 1. The van der Waals surface area contributed by atoms with Crippen molar-refractivity contribution in [1.29, 1.82) is 0 Å². The lowest BCUT2D eigenvalue weighted by molar-refractivity contribution is 0.197. The van der Waals surface area contributed by atoms with Crippen molar-refractivity contribution < 1.29 is 4.74 Å². The van der Waals surface area contributed by atoms with Crippen LogP contribution in [0.4, 0.5) is 0 Å². The van der Waals surface area contributed by atoms with E-state index in [-0.39, 0.29) is 0 Å². The maximum Gasteiger partial charge on any atom is 0.191 e. The molecule has 0 radical (unpaired) electrons. The molecular formula is C15H29N5O. The zero-order valence-corrected chi connectivity index (χ0v) is 14.0. The van der Waals surface area contributed by atoms with Crippen molar-refractivity contribution in [3.63, 3.8) is 0 Å². The van der Waals surface area contributed by atoms with Gasteiger partial charge < -0.3 is 15.4 Å². The zero-order chi connectivity index (χ0) is 15.7. The summed E-state index contributed by atoms with van der Waals surface area (Å²) in [5.41, 5.74) is 3.66. The molecule has 0 atom stereocenters. The zero-order valence-electron chi connectivity index (χ0n) is 14.0. The maximum absolute atomic E-state index is 5.03. The summed E-state index contributed by atoms with van der Waals surface area (Å²) in [5.74, 6) is 0.868. The molecule has 0 amide bonds. The summed E-state index contributed by atoms with van der Waals surface area (Å²) in [4.78, 5) is 4.53. The molecule has 1 aromatic heterocycles. The van der Waals surface area contributed by atoms with Gasteiger partial charge in [0.2, 0.25) is 0 Å². The molecule has 1 rings (SSSR count). The Bertz CT molecular complexity index is 453. The van der Waals surface area contributed by atoms with Crippen molar-refractivity contribution in [3.8, 4) is 0 Å². The first-order chi connectivity index (χ1) is 10.1. The molecule has 1 aromatic rings. The molecule has 2 N–H and O–H groups in total. The van der Waals surface area contributed by atoms with Gasteiger partial charge in [-0.05, 0) is 39.2 Å². The Morgan fingerprint density at radius 3 is 2.67 bits per heavy atom. The van der Waals surface area contributed by atoms with Gasteiger partial charge in [-0.25, -0.2) is 0 Å². The van der Waals surface area contributed by atoms with Crippen molar-refractivity contribution in [2.24, 2.45) is 12.0 Å². The van der Waals surface area contributed by atoms with E-state index in [9.17, 15) is 0 Å². The van der Waals surface area contributed by atoms with Crippen LogP contribution >= 0.6 is 0 Å². The van der Waals surface area contributed by atoms with Crippen LogP contribution < -0.4 is 10.6 Å². The van der Waals surface area contributed by atoms with Crippen molar-refractivity contribution in [2.75, 3.05) is 33.4 Å². The first-order valence-corrected chi connectivity index (χ1v) is 7.60. The van der Waals surface area contributed by atoms with E-state index in [1.807, 2.05) is 11.7 Å². The van der Waals surface area contributed by atoms with Gasteiger partial charge in [0.25, 0.3) is 0 Å². The van der Waals surface area contributed by atoms with E-state index in [2.05, 4.69) is 41.5 Å². The van der Waals surface area contributed by atoms with Gasteiger partial charge in [0, 0.05) is 46.1 Å². The number of hydrogen-bond donors (Lipinski definition) is 2. The van der Waals surface area contributed by atoms with E-state index < -0.39 is 0 Å². The second-order valence-electron chi connectivity index (χ2n) is 5.06. The highest BCUT2D eigenvalue weighted by Gasteiger charge is 2.08. The highest BCUT2D eigenvalue weighted by atomic mass is 16.5. The number of aliphatic imine (C=N–C) groups is 1. The van der Waals surface area contributed by atoms with Crippen molar-refractivity contribution in [1.82, 2.24) is 20.4 Å². The molecule has 0 aliphatic rings. The molecule has 6 nitrogen and oxygen atoms in total. The first kappa shape index (κ1) is 17.5. The van der Waals surface area contributed by atoms with Gasteiger partial charge in [-0.3, -0.25) is 9.67 Å². The Morgan fingerprint density at radius 1 is 1.33 bits per heavy atom. The normalized spacial score (nSPS) is 11.8. The third kappa shape index (κ3) is 5.75. The first-order valence-electron chi connectivity index (χ1n) is 7.60. The number of nitrogens with zero attached hydrogens (tertiary/aromatic N) is 3. The van der Waals surface area contributed by atoms with Gasteiger partial charge in [-0.2, -0.15) is 5.10 Å². The molecule has 1 heterocycles. The summed E-state index contributed by atoms with van der Waals surface area (Å²) in [5, 5.41) is 11.1. The number of rotatable bonds is 8. The standard InChI is InChI=1S/C15H29N5O/c1-6-16-15(17-9-7-11-21-5)18-10-8-14-12(2)19-20(4)13(14)3/h6-11H2,1-5H3,(H2,16,17,18). The quantitative estimate of drug-likeness (QED) is 0.429. The Morgan fingerprint density at radius 2 is 2.10 bits per heavy atom. The number of guanidine groups is 1. The fourth-order valence-electron chi connectivity index (χ4n) is 2.23. The van der Waals surface area contributed by atoms with Gasteiger partial charge in [0.1, 0.15) is 0 Å². The minimum absolute atomic E-state index is 0.747. The predicted molar refractivity (Wildman–Crippen MR) is 86.9 cm³/mol. The molecular weight excluding hydrogens is 266 g/mol. The lowest BCUT2D eigenvalue weighted by atomic mass is 10.1. The summed E-state index contributed by atoms with van der Waals surface area (Å²) >= 11 is 0. The van der Waals surface area contributed by atoms with Crippen molar-refractivity contribution >= 4 is 5.96 Å². The number of aryl methyl sites for hydroxylation is 2. The molecule has 0 aliphatic heterocycles. The van der Waals surface area contributed by atoms with Gasteiger partial charge in [-0.1, -0.05) is 0 Å². The lowest BCUT2D eigenvalue weighted by Gasteiger charge is -2.11. The Hall–Kier alpha value is -1.56. The van der Waals surface area contributed by atoms with Gasteiger partial charge >= 0.3 is 0 Å². The van der Waals surface area contributed by atoms with E-state index in [4.69, 9.17) is 4.74 Å². The van der Waals surface area contributed by atoms with Gasteiger partial charge in [-0.15, -0.1) is 0 Å². The molecule has 6 heteroatoms. The number of nitrogens with one attached hydrogen (secondary N) is 2. The summed E-state index contributed by atoms with van der Waals surface area (Å²) in [7, 11) is 3.70. The SMILES string of the molecule is CCNC(=NCCCOC)NCCc1c(C)nn(C)c1C. The molecule has 0 unspecified atom stereocenters. The topological polar surface area (TPSA) is 63.5 Å². The Balaban J connectivity index is 2.46. The minimum atomic E-state index is 0.747. The molecule has 0 bridgehead atoms. The molecule has 120 valence electrons. The van der Waals surface area contributed by atoms with Gasteiger partial charge in [0.15, 0.2) is 5.96 Å². The molecule has 0 spiro atoms. The summed E-state index contributed by atoms with van der Waals surface area (Å²) < 4.78 is 6.97. The fourth-order valence-corrected chi connectivity index (χ4v) is 2.23. The Kier molecular flexibility index (Phi) is 7.82. The molecule has 0 saturated carbocycles. The van der Waals surface area contributed by atoms with Crippen LogP contribution in [0.2, 0.25) is 0 Å². The van der Waals surface area contributed by atoms with Crippen LogP contribution in [-0.2, 0) is 18.2 Å². The average molecular weight is 295 g/mol. The van der Waals surface area contributed by atoms with E-state index >= 15 is 0 Å². The Labute approximate surface area is 128 Å². The maximum atomic E-state index is 5.03. The minimum Gasteiger partial charge on any atom is -0.385 e. The van der Waals surface area contributed by atoms with Gasteiger partial charge in [0.05, 0.1) is 5.69 Å². The van der Waals surface area contributed by atoms with E-state index in [1.54, 1.807) is 7.11 Å². The third-order valence-corrected chi connectivity index (χ3v) is 3.45. The monoisotopic (exact) mass is 295 g/mol. The van der Waals surface area contributed by atoms with Crippen LogP contribution in [0.25, 0.3) is 0 Å². The summed E-state index contributed by atoms with van der Waals surface area (Å²) in [6.45, 7) is 9.48. The van der Waals surface area contributed by atoms with Crippen LogP contribution in [0, 0.1) is 13.8 Å². The highest BCUT2D eigenvalue weighted by molar-refractivity contribution is 5.79. The summed E-state index contributed by atoms with van der Waals surface area (Å²) in [6, 6.07) is 0. The fraction of sp³-hybridized carbons (Fsp3) is 0.733. The predicted octanol–water partition coefficient (Wildman–Crippen LogP) is 1.17. The largest absolute Gasteiger partial charge is 0.385 e.